The molecule has 0 aliphatic carbocycles. The van der Waals surface area contributed by atoms with Gasteiger partial charge in [-0.1, -0.05) is 6.07 Å². The summed E-state index contributed by atoms with van der Waals surface area (Å²) in [6.07, 6.45) is 6.81. The number of rotatable bonds is 3. The molecule has 1 unspecified atom stereocenters. The van der Waals surface area contributed by atoms with Gasteiger partial charge in [-0.25, -0.2) is 9.07 Å². The van der Waals surface area contributed by atoms with Crippen LogP contribution in [0.25, 0.3) is 5.69 Å². The third-order valence-corrected chi connectivity index (χ3v) is 3.69. The van der Waals surface area contributed by atoms with Crippen LogP contribution in [0, 0.1) is 11.7 Å². The van der Waals surface area contributed by atoms with Crippen molar-refractivity contribution in [2.75, 3.05) is 13.1 Å². The Morgan fingerprint density at radius 3 is 3.05 bits per heavy atom. The molecule has 0 bridgehead atoms. The minimum Gasteiger partial charge on any atom is -0.316 e. The van der Waals surface area contributed by atoms with Crippen LogP contribution in [-0.2, 0) is 6.42 Å². The van der Waals surface area contributed by atoms with E-state index < -0.39 is 0 Å². The molecule has 1 saturated heterocycles. The van der Waals surface area contributed by atoms with Crippen molar-refractivity contribution >= 4 is 0 Å². The van der Waals surface area contributed by atoms with Gasteiger partial charge in [-0.15, -0.1) is 0 Å². The van der Waals surface area contributed by atoms with E-state index in [0.29, 0.717) is 11.6 Å². The fraction of sp³-hybridized carbons (Fsp3) is 0.400. The molecule has 0 amide bonds. The molecule has 1 aliphatic rings. The molecule has 0 spiro atoms. The summed E-state index contributed by atoms with van der Waals surface area (Å²) in [6, 6.07) is 7.26. The number of hydrogen-bond acceptors (Lipinski definition) is 2. The average Bonchev–Trinajstić information content (AvgIpc) is 2.94. The molecular weight excluding hydrogens is 241 g/mol. The van der Waals surface area contributed by atoms with Crippen molar-refractivity contribution < 1.29 is 4.39 Å². The fourth-order valence-corrected chi connectivity index (χ4v) is 2.71. The van der Waals surface area contributed by atoms with Crippen molar-refractivity contribution in [1.82, 2.24) is 15.1 Å². The molecule has 0 radical (unpaired) electrons. The maximum absolute atomic E-state index is 14.1. The van der Waals surface area contributed by atoms with E-state index in [9.17, 15) is 4.39 Å². The van der Waals surface area contributed by atoms with Crippen LogP contribution in [0.5, 0.6) is 0 Å². The first-order chi connectivity index (χ1) is 9.33. The summed E-state index contributed by atoms with van der Waals surface area (Å²) in [5.74, 6) is 0.425. The lowest BCUT2D eigenvalue weighted by atomic mass is 9.92. The average molecular weight is 259 g/mol. The van der Waals surface area contributed by atoms with E-state index in [1.54, 1.807) is 29.2 Å². The third-order valence-electron chi connectivity index (χ3n) is 3.69. The maximum atomic E-state index is 14.1. The van der Waals surface area contributed by atoms with Crippen LogP contribution in [0.1, 0.15) is 18.4 Å². The zero-order valence-corrected chi connectivity index (χ0v) is 10.8. The number of aromatic nitrogens is 2. The number of halogens is 1. The van der Waals surface area contributed by atoms with Crippen LogP contribution in [0.4, 0.5) is 4.39 Å². The topological polar surface area (TPSA) is 29.9 Å². The summed E-state index contributed by atoms with van der Waals surface area (Å²) < 4.78 is 15.6. The zero-order valence-electron chi connectivity index (χ0n) is 10.8. The van der Waals surface area contributed by atoms with Gasteiger partial charge >= 0.3 is 0 Å². The standard InChI is InChI=1S/C15H18FN3/c16-14-10-12(9-13-3-1-6-17-11-13)4-5-15(14)19-8-2-7-18-19/h2,4-5,7-8,10,13,17H,1,3,6,9,11H2. The second kappa shape index (κ2) is 5.53. The Morgan fingerprint density at radius 1 is 1.42 bits per heavy atom. The number of nitrogens with zero attached hydrogens (tertiary/aromatic N) is 2. The van der Waals surface area contributed by atoms with E-state index in [1.807, 2.05) is 12.1 Å². The van der Waals surface area contributed by atoms with E-state index >= 15 is 0 Å². The molecular formula is C15H18FN3. The van der Waals surface area contributed by atoms with Crippen LogP contribution in [0.15, 0.2) is 36.7 Å². The van der Waals surface area contributed by atoms with Crippen molar-refractivity contribution in [1.29, 1.82) is 0 Å². The second-order valence-electron chi connectivity index (χ2n) is 5.15. The van der Waals surface area contributed by atoms with Gasteiger partial charge in [0.15, 0.2) is 0 Å². The van der Waals surface area contributed by atoms with Crippen LogP contribution in [0.3, 0.4) is 0 Å². The normalized spacial score (nSPS) is 19.5. The molecule has 3 rings (SSSR count). The molecule has 1 aromatic heterocycles. The molecule has 1 N–H and O–H groups in total. The van der Waals surface area contributed by atoms with Crippen LogP contribution < -0.4 is 5.32 Å². The molecule has 1 aromatic carbocycles. The monoisotopic (exact) mass is 259 g/mol. The lowest BCUT2D eigenvalue weighted by Crippen LogP contribution is -2.30. The molecule has 0 saturated carbocycles. The van der Waals surface area contributed by atoms with Crippen LogP contribution in [0.2, 0.25) is 0 Å². The van der Waals surface area contributed by atoms with Gasteiger partial charge in [-0.3, -0.25) is 0 Å². The lowest BCUT2D eigenvalue weighted by Gasteiger charge is -2.22. The largest absolute Gasteiger partial charge is 0.316 e. The highest BCUT2D eigenvalue weighted by molar-refractivity contribution is 5.35. The number of nitrogens with one attached hydrogen (secondary N) is 1. The molecule has 1 fully saturated rings. The van der Waals surface area contributed by atoms with Gasteiger partial charge in [0.1, 0.15) is 11.5 Å². The summed E-state index contributed by atoms with van der Waals surface area (Å²) in [6.45, 7) is 2.16. The Bertz CT molecular complexity index is 530. The Hall–Kier alpha value is -1.68. The van der Waals surface area contributed by atoms with E-state index in [1.165, 1.54) is 12.8 Å². The Morgan fingerprint density at radius 2 is 2.37 bits per heavy atom. The molecule has 2 heterocycles. The zero-order chi connectivity index (χ0) is 13.1. The van der Waals surface area contributed by atoms with Gasteiger partial charge in [-0.2, -0.15) is 5.10 Å². The first kappa shape index (κ1) is 12.4. The number of piperidine rings is 1. The summed E-state index contributed by atoms with van der Waals surface area (Å²) in [4.78, 5) is 0. The van der Waals surface area contributed by atoms with Gasteiger partial charge in [0.25, 0.3) is 0 Å². The highest BCUT2D eigenvalue weighted by Gasteiger charge is 2.14. The molecule has 4 heteroatoms. The number of benzene rings is 1. The minimum atomic E-state index is -0.204. The predicted molar refractivity (Wildman–Crippen MR) is 72.8 cm³/mol. The Balaban J connectivity index is 1.75. The smallest absolute Gasteiger partial charge is 0.149 e. The molecule has 19 heavy (non-hydrogen) atoms. The lowest BCUT2D eigenvalue weighted by molar-refractivity contribution is 0.375. The van der Waals surface area contributed by atoms with E-state index in [2.05, 4.69) is 10.4 Å². The number of hydrogen-bond donors (Lipinski definition) is 1. The van der Waals surface area contributed by atoms with Gasteiger partial charge in [-0.05, 0) is 62.0 Å². The third kappa shape index (κ3) is 2.84. The van der Waals surface area contributed by atoms with Crippen molar-refractivity contribution in [2.45, 2.75) is 19.3 Å². The quantitative estimate of drug-likeness (QED) is 0.918. The predicted octanol–water partition coefficient (Wildman–Crippen LogP) is 2.55. The van der Waals surface area contributed by atoms with Gasteiger partial charge < -0.3 is 5.32 Å². The fourth-order valence-electron chi connectivity index (χ4n) is 2.71. The SMILES string of the molecule is Fc1cc(CC2CCCNC2)ccc1-n1cccn1. The maximum Gasteiger partial charge on any atom is 0.149 e. The molecule has 3 nitrogen and oxygen atoms in total. The molecule has 2 aromatic rings. The van der Waals surface area contributed by atoms with Crippen LogP contribution >= 0.6 is 0 Å². The summed E-state index contributed by atoms with van der Waals surface area (Å²) >= 11 is 0. The second-order valence-corrected chi connectivity index (χ2v) is 5.15. The highest BCUT2D eigenvalue weighted by Crippen LogP contribution is 2.20. The highest BCUT2D eigenvalue weighted by atomic mass is 19.1. The summed E-state index contributed by atoms with van der Waals surface area (Å²) in [5, 5.41) is 7.45. The van der Waals surface area contributed by atoms with Crippen LogP contribution in [-0.4, -0.2) is 22.9 Å². The van der Waals surface area contributed by atoms with Gasteiger partial charge in [0.2, 0.25) is 0 Å². The Labute approximate surface area is 112 Å². The van der Waals surface area contributed by atoms with E-state index in [0.717, 1.165) is 25.1 Å². The molecule has 100 valence electrons. The van der Waals surface area contributed by atoms with Crippen molar-refractivity contribution in [3.63, 3.8) is 0 Å². The summed E-state index contributed by atoms with van der Waals surface area (Å²) in [5.41, 5.74) is 1.58. The first-order valence-corrected chi connectivity index (χ1v) is 6.82. The van der Waals surface area contributed by atoms with Gasteiger partial charge in [0.05, 0.1) is 0 Å². The van der Waals surface area contributed by atoms with Gasteiger partial charge in [0, 0.05) is 12.4 Å². The minimum absolute atomic E-state index is 0.204. The Kier molecular flexibility index (Phi) is 3.60. The molecule has 1 aliphatic heterocycles. The molecule has 1 atom stereocenters. The van der Waals surface area contributed by atoms with Crippen molar-refractivity contribution in [3.8, 4) is 5.69 Å². The van der Waals surface area contributed by atoms with Crippen molar-refractivity contribution in [2.24, 2.45) is 5.92 Å². The van der Waals surface area contributed by atoms with Crippen molar-refractivity contribution in [3.05, 3.63) is 48.0 Å². The van der Waals surface area contributed by atoms with E-state index in [4.69, 9.17) is 0 Å². The first-order valence-electron chi connectivity index (χ1n) is 6.82. The van der Waals surface area contributed by atoms with E-state index in [-0.39, 0.29) is 5.82 Å². The summed E-state index contributed by atoms with van der Waals surface area (Å²) in [7, 11) is 0.